The van der Waals surface area contributed by atoms with Crippen molar-refractivity contribution in [2.24, 2.45) is 0 Å². The molecule has 0 unspecified atom stereocenters. The first-order chi connectivity index (χ1) is 15.1. The summed E-state index contributed by atoms with van der Waals surface area (Å²) in [6, 6.07) is 0. The Morgan fingerprint density at radius 1 is 1.12 bits per heavy atom. The van der Waals surface area contributed by atoms with Crippen molar-refractivity contribution in [2.75, 3.05) is 18.5 Å². The van der Waals surface area contributed by atoms with Gasteiger partial charge >= 0.3 is 18.1 Å². The smallest absolute Gasteiger partial charge is 0.435 e. The molecular formula is C20H22F3N3O5S. The first-order valence-electron chi connectivity index (χ1n) is 10.0. The number of carbonyl (C=O) groups excluding carboxylic acids is 3. The van der Waals surface area contributed by atoms with E-state index in [0.29, 0.717) is 24.1 Å². The van der Waals surface area contributed by atoms with Crippen molar-refractivity contribution >= 4 is 34.2 Å². The molecule has 0 radical (unpaired) electrons. The van der Waals surface area contributed by atoms with Crippen molar-refractivity contribution in [2.45, 2.75) is 52.8 Å². The zero-order chi connectivity index (χ0) is 23.6. The van der Waals surface area contributed by atoms with Crippen LogP contribution < -0.4 is 5.32 Å². The van der Waals surface area contributed by atoms with Crippen LogP contribution in [0, 0.1) is 6.92 Å². The number of alkyl halides is 3. The molecule has 8 nitrogen and oxygen atoms in total. The molecule has 1 amide bonds. The number of aromatic nitrogens is 2. The number of fused-ring (bicyclic) bond motifs is 1. The van der Waals surface area contributed by atoms with Crippen molar-refractivity contribution in [1.29, 1.82) is 0 Å². The van der Waals surface area contributed by atoms with Gasteiger partial charge in [0.2, 0.25) is 5.91 Å². The molecule has 1 N–H and O–H groups in total. The summed E-state index contributed by atoms with van der Waals surface area (Å²) in [6.45, 7) is 4.51. The third kappa shape index (κ3) is 4.64. The van der Waals surface area contributed by atoms with E-state index in [1.165, 1.54) is 6.92 Å². The van der Waals surface area contributed by atoms with E-state index in [-0.39, 0.29) is 40.6 Å². The van der Waals surface area contributed by atoms with Crippen molar-refractivity contribution in [3.05, 3.63) is 33.0 Å². The highest BCUT2D eigenvalue weighted by molar-refractivity contribution is 7.18. The lowest BCUT2D eigenvalue weighted by Crippen LogP contribution is -2.22. The highest BCUT2D eigenvalue weighted by atomic mass is 32.1. The molecule has 0 saturated heterocycles. The van der Waals surface area contributed by atoms with Gasteiger partial charge in [-0.2, -0.15) is 18.3 Å². The summed E-state index contributed by atoms with van der Waals surface area (Å²) in [7, 11) is 0. The van der Waals surface area contributed by atoms with Crippen molar-refractivity contribution in [3.8, 4) is 0 Å². The number of anilines is 1. The van der Waals surface area contributed by atoms with E-state index in [9.17, 15) is 27.6 Å². The van der Waals surface area contributed by atoms with Gasteiger partial charge in [0.15, 0.2) is 5.69 Å². The third-order valence-electron chi connectivity index (χ3n) is 4.91. The molecule has 2 aromatic rings. The zero-order valence-corrected chi connectivity index (χ0v) is 18.5. The highest BCUT2D eigenvalue weighted by Gasteiger charge is 2.40. The third-order valence-corrected chi connectivity index (χ3v) is 6.10. The standard InChI is InChI=1S/C20H22F3N3O5S/c1-4-30-18(28)14-10(3)15(19(29)31-5-2)32-17(14)24-13(27)9-26-12-8-6-7-11(12)16(25-26)20(21,22)23/h4-9H2,1-3H3,(H,24,27). The Morgan fingerprint density at radius 2 is 1.78 bits per heavy atom. The maximum atomic E-state index is 13.3. The van der Waals surface area contributed by atoms with Crippen molar-refractivity contribution in [1.82, 2.24) is 9.78 Å². The van der Waals surface area contributed by atoms with Gasteiger partial charge in [-0.3, -0.25) is 9.48 Å². The summed E-state index contributed by atoms with van der Waals surface area (Å²) >= 11 is 0.845. The van der Waals surface area contributed by atoms with E-state index in [2.05, 4.69) is 10.4 Å². The minimum absolute atomic E-state index is 0.00919. The molecule has 0 bridgehead atoms. The fraction of sp³-hybridized carbons (Fsp3) is 0.500. The lowest BCUT2D eigenvalue weighted by Gasteiger charge is -2.09. The van der Waals surface area contributed by atoms with E-state index < -0.39 is 36.3 Å². The predicted molar refractivity (Wildman–Crippen MR) is 109 cm³/mol. The summed E-state index contributed by atoms with van der Waals surface area (Å²) in [5, 5.41) is 6.20. The van der Waals surface area contributed by atoms with E-state index in [1.807, 2.05) is 0 Å². The Balaban J connectivity index is 1.89. The maximum absolute atomic E-state index is 13.3. The average Bonchev–Trinajstić information content (AvgIpc) is 3.37. The van der Waals surface area contributed by atoms with Gasteiger partial charge in [0.25, 0.3) is 0 Å². The van der Waals surface area contributed by atoms with Gasteiger partial charge in [-0.25, -0.2) is 9.59 Å². The average molecular weight is 473 g/mol. The van der Waals surface area contributed by atoms with Crippen LogP contribution in [0.2, 0.25) is 0 Å². The Morgan fingerprint density at radius 3 is 2.41 bits per heavy atom. The second kappa shape index (κ2) is 9.31. The van der Waals surface area contributed by atoms with Crippen LogP contribution >= 0.6 is 11.3 Å². The Kier molecular flexibility index (Phi) is 6.91. The number of nitrogens with zero attached hydrogens (tertiary/aromatic N) is 2. The van der Waals surface area contributed by atoms with E-state index in [1.54, 1.807) is 13.8 Å². The number of ether oxygens (including phenoxy) is 2. The van der Waals surface area contributed by atoms with Crippen molar-refractivity contribution < 1.29 is 37.0 Å². The van der Waals surface area contributed by atoms with Crippen molar-refractivity contribution in [3.63, 3.8) is 0 Å². The van der Waals surface area contributed by atoms with Gasteiger partial charge in [0.1, 0.15) is 16.4 Å². The minimum atomic E-state index is -4.60. The maximum Gasteiger partial charge on any atom is 0.435 e. The normalized spacial score (nSPS) is 13.1. The molecule has 0 spiro atoms. The first kappa shape index (κ1) is 23.8. The Labute approximate surface area is 185 Å². The van der Waals surface area contributed by atoms with Gasteiger partial charge in [-0.15, -0.1) is 11.3 Å². The van der Waals surface area contributed by atoms with Gasteiger partial charge in [0, 0.05) is 11.3 Å². The lowest BCUT2D eigenvalue weighted by atomic mass is 10.1. The van der Waals surface area contributed by atoms with Crippen LogP contribution in [0.15, 0.2) is 0 Å². The number of hydrogen-bond donors (Lipinski definition) is 1. The topological polar surface area (TPSA) is 99.5 Å². The largest absolute Gasteiger partial charge is 0.462 e. The van der Waals surface area contributed by atoms with Gasteiger partial charge in [0.05, 0.1) is 18.8 Å². The number of amides is 1. The van der Waals surface area contributed by atoms with Gasteiger partial charge in [-0.1, -0.05) is 0 Å². The van der Waals surface area contributed by atoms with Crippen LogP contribution in [0.1, 0.15) is 62.8 Å². The van der Waals surface area contributed by atoms with Gasteiger partial charge < -0.3 is 14.8 Å². The number of hydrogen-bond acceptors (Lipinski definition) is 7. The predicted octanol–water partition coefficient (Wildman–Crippen LogP) is 3.75. The molecule has 3 rings (SSSR count). The fourth-order valence-electron chi connectivity index (χ4n) is 3.61. The molecule has 0 fully saturated rings. The van der Waals surface area contributed by atoms with E-state index in [0.717, 1.165) is 16.0 Å². The van der Waals surface area contributed by atoms with Crippen LogP contribution in [-0.2, 0) is 39.8 Å². The van der Waals surface area contributed by atoms with Crippen LogP contribution in [0.25, 0.3) is 0 Å². The number of halogens is 3. The first-order valence-corrected chi connectivity index (χ1v) is 10.8. The molecule has 0 saturated carbocycles. The molecule has 0 aliphatic heterocycles. The van der Waals surface area contributed by atoms with E-state index in [4.69, 9.17) is 9.47 Å². The molecule has 2 heterocycles. The number of rotatable bonds is 7. The van der Waals surface area contributed by atoms with Crippen LogP contribution in [0.5, 0.6) is 0 Å². The molecule has 2 aromatic heterocycles. The quantitative estimate of drug-likeness (QED) is 0.615. The summed E-state index contributed by atoms with van der Waals surface area (Å²) in [5.41, 5.74) is -0.167. The summed E-state index contributed by atoms with van der Waals surface area (Å²) in [4.78, 5) is 37.4. The number of thiophene rings is 1. The Bertz CT molecular complexity index is 1060. The van der Waals surface area contributed by atoms with Crippen LogP contribution in [0.4, 0.5) is 18.2 Å². The lowest BCUT2D eigenvalue weighted by molar-refractivity contribution is -0.142. The molecular weight excluding hydrogens is 451 g/mol. The SMILES string of the molecule is CCOC(=O)c1sc(NC(=O)Cn2nc(C(F)(F)F)c3c2CCC3)c(C(=O)OCC)c1C. The fourth-order valence-corrected chi connectivity index (χ4v) is 4.72. The van der Waals surface area contributed by atoms with E-state index >= 15 is 0 Å². The highest BCUT2D eigenvalue weighted by Crippen LogP contribution is 2.37. The molecule has 0 atom stereocenters. The number of nitrogens with one attached hydrogen (secondary N) is 1. The molecule has 0 aromatic carbocycles. The minimum Gasteiger partial charge on any atom is -0.462 e. The molecule has 1 aliphatic rings. The zero-order valence-electron chi connectivity index (χ0n) is 17.7. The summed E-state index contributed by atoms with van der Waals surface area (Å²) in [5.74, 6) is -2.06. The van der Waals surface area contributed by atoms with Crippen LogP contribution in [0.3, 0.4) is 0 Å². The monoisotopic (exact) mass is 473 g/mol. The molecule has 174 valence electrons. The van der Waals surface area contributed by atoms with Gasteiger partial charge in [-0.05, 0) is 45.6 Å². The molecule has 32 heavy (non-hydrogen) atoms. The molecule has 12 heteroatoms. The summed E-state index contributed by atoms with van der Waals surface area (Å²) in [6.07, 6.45) is -3.40. The number of esters is 2. The Hall–Kier alpha value is -2.89. The summed E-state index contributed by atoms with van der Waals surface area (Å²) < 4.78 is 50.9. The second-order valence-electron chi connectivity index (χ2n) is 7.03. The molecule has 1 aliphatic carbocycles. The number of carbonyl (C=O) groups is 3. The second-order valence-corrected chi connectivity index (χ2v) is 8.05. The van der Waals surface area contributed by atoms with Crippen LogP contribution in [-0.4, -0.2) is 40.8 Å².